The second kappa shape index (κ2) is 5.93. The molecule has 1 nitrogen and oxygen atoms in total. The Morgan fingerprint density at radius 1 is 0.750 bits per heavy atom. The van der Waals surface area contributed by atoms with Crippen molar-refractivity contribution in [2.45, 2.75) is 66.6 Å². The molecule has 1 aliphatic rings. The van der Waals surface area contributed by atoms with Crippen LogP contribution in [-0.2, 0) is 0 Å². The molecule has 0 spiro atoms. The zero-order chi connectivity index (χ0) is 18.6. The molecule has 0 aromatic heterocycles. The molecule has 133 valence electrons. The van der Waals surface area contributed by atoms with E-state index in [1.807, 2.05) is 0 Å². The molecule has 0 fully saturated rings. The van der Waals surface area contributed by atoms with Crippen molar-refractivity contribution in [2.75, 3.05) is 7.11 Å². The summed E-state index contributed by atoms with van der Waals surface area (Å²) < 4.78 is 7.23. The molecule has 0 heterocycles. The van der Waals surface area contributed by atoms with Crippen LogP contribution < -0.4 is 9.13 Å². The van der Waals surface area contributed by atoms with Crippen molar-refractivity contribution in [1.29, 1.82) is 0 Å². The van der Waals surface area contributed by atoms with Gasteiger partial charge in [-0.05, 0) is 0 Å². The van der Waals surface area contributed by atoms with Crippen molar-refractivity contribution in [3.8, 4) is 5.75 Å². The van der Waals surface area contributed by atoms with E-state index in [1.165, 1.54) is 0 Å². The van der Waals surface area contributed by atoms with Gasteiger partial charge in [-0.25, -0.2) is 0 Å². The number of allylic oxidation sites excluding steroid dienone is 2. The van der Waals surface area contributed by atoms with Crippen LogP contribution in [0, 0.1) is 16.2 Å². The first-order chi connectivity index (χ1) is 10.7. The standard InChI is InChI=1S/C22H35GeO/c1-19(2,3)17-18(20(4,5)6)22(17,21(7,8)9)23-15-11-13-16(24-10)14-12-15/h11-14,23H,1-10H3. The summed E-state index contributed by atoms with van der Waals surface area (Å²) >= 11 is -0.680. The zero-order valence-corrected chi connectivity index (χ0v) is 19.7. The Kier molecular flexibility index (Phi) is 4.85. The van der Waals surface area contributed by atoms with Crippen LogP contribution in [0.5, 0.6) is 5.75 Å². The molecule has 1 aliphatic carbocycles. The van der Waals surface area contributed by atoms with Crippen LogP contribution in [0.15, 0.2) is 35.4 Å². The first-order valence-corrected chi connectivity index (χ1v) is 11.4. The summed E-state index contributed by atoms with van der Waals surface area (Å²) in [4.78, 5) is 0. The van der Waals surface area contributed by atoms with Crippen molar-refractivity contribution < 1.29 is 4.74 Å². The number of rotatable bonds is 3. The fourth-order valence-corrected chi connectivity index (χ4v) is 9.93. The molecule has 0 bridgehead atoms. The molecule has 0 amide bonds. The monoisotopic (exact) mass is 389 g/mol. The summed E-state index contributed by atoms with van der Waals surface area (Å²) in [5.41, 5.74) is 4.26. The van der Waals surface area contributed by atoms with E-state index < -0.39 is 15.4 Å². The minimum atomic E-state index is -0.680. The van der Waals surface area contributed by atoms with Gasteiger partial charge in [-0.15, -0.1) is 0 Å². The molecular weight excluding hydrogens is 353 g/mol. The van der Waals surface area contributed by atoms with Crippen LogP contribution >= 0.6 is 0 Å². The van der Waals surface area contributed by atoms with Crippen molar-refractivity contribution >= 4 is 19.8 Å². The second-order valence-electron chi connectivity index (χ2n) is 10.2. The maximum atomic E-state index is 5.34. The molecule has 0 saturated carbocycles. The third-order valence-electron chi connectivity index (χ3n) is 5.16. The van der Waals surface area contributed by atoms with Gasteiger partial charge in [0, 0.05) is 0 Å². The van der Waals surface area contributed by atoms with Crippen molar-refractivity contribution in [2.24, 2.45) is 16.2 Å². The molecule has 2 rings (SSSR count). The Morgan fingerprint density at radius 3 is 1.46 bits per heavy atom. The molecule has 0 aliphatic heterocycles. The summed E-state index contributed by atoms with van der Waals surface area (Å²) in [6.07, 6.45) is 0. The van der Waals surface area contributed by atoms with E-state index in [2.05, 4.69) is 86.6 Å². The Bertz CT molecular complexity index is 607. The van der Waals surface area contributed by atoms with E-state index in [0.29, 0.717) is 4.25 Å². The summed E-state index contributed by atoms with van der Waals surface area (Å²) in [6.45, 7) is 21.7. The van der Waals surface area contributed by atoms with Crippen LogP contribution in [0.3, 0.4) is 0 Å². The fourth-order valence-electron chi connectivity index (χ4n) is 4.29. The van der Waals surface area contributed by atoms with E-state index >= 15 is 0 Å². The summed E-state index contributed by atoms with van der Waals surface area (Å²) in [5, 5.41) is 0. The number of benzene rings is 1. The Morgan fingerprint density at radius 2 is 1.17 bits per heavy atom. The predicted molar refractivity (Wildman–Crippen MR) is 108 cm³/mol. The van der Waals surface area contributed by atoms with Gasteiger partial charge in [0.05, 0.1) is 0 Å². The average molecular weight is 388 g/mol. The van der Waals surface area contributed by atoms with Crippen molar-refractivity contribution in [3.63, 3.8) is 0 Å². The van der Waals surface area contributed by atoms with Gasteiger partial charge in [-0.1, -0.05) is 0 Å². The molecule has 24 heavy (non-hydrogen) atoms. The van der Waals surface area contributed by atoms with E-state index in [9.17, 15) is 0 Å². The minimum absolute atomic E-state index is 0.250. The Hall–Kier alpha value is -0.697. The molecule has 0 N–H and O–H groups in total. The molecule has 1 aromatic carbocycles. The first-order valence-electron chi connectivity index (χ1n) is 9.01. The normalized spacial score (nSPS) is 17.9. The second-order valence-corrected chi connectivity index (χ2v) is 14.0. The van der Waals surface area contributed by atoms with Gasteiger partial charge >= 0.3 is 156 Å². The maximum absolute atomic E-state index is 5.34. The third kappa shape index (κ3) is 3.34. The van der Waals surface area contributed by atoms with Gasteiger partial charge in [0.25, 0.3) is 0 Å². The predicted octanol–water partition coefficient (Wildman–Crippen LogP) is 5.36. The van der Waals surface area contributed by atoms with E-state index in [-0.39, 0.29) is 16.2 Å². The van der Waals surface area contributed by atoms with Crippen LogP contribution in [-0.4, -0.2) is 22.5 Å². The third-order valence-corrected chi connectivity index (χ3v) is 10.6. The molecule has 2 heteroatoms. The van der Waals surface area contributed by atoms with E-state index in [0.717, 1.165) is 5.75 Å². The molecule has 1 radical (unpaired) electrons. The molecule has 0 saturated heterocycles. The van der Waals surface area contributed by atoms with Crippen LogP contribution in [0.2, 0.25) is 4.25 Å². The summed E-state index contributed by atoms with van der Waals surface area (Å²) in [6, 6.07) is 8.84. The fraction of sp³-hybridized carbons (Fsp3) is 0.636. The van der Waals surface area contributed by atoms with Gasteiger partial charge in [0.15, 0.2) is 0 Å². The number of hydrogen-bond acceptors (Lipinski definition) is 1. The summed E-state index contributed by atoms with van der Waals surface area (Å²) in [7, 11) is 1.74. The van der Waals surface area contributed by atoms with Crippen molar-refractivity contribution in [1.82, 2.24) is 0 Å². The number of ether oxygens (including phenoxy) is 1. The van der Waals surface area contributed by atoms with Gasteiger partial charge in [-0.2, -0.15) is 0 Å². The summed E-state index contributed by atoms with van der Waals surface area (Å²) in [5.74, 6) is 0.955. The van der Waals surface area contributed by atoms with E-state index in [1.54, 1.807) is 22.7 Å². The topological polar surface area (TPSA) is 9.23 Å². The van der Waals surface area contributed by atoms with Crippen LogP contribution in [0.1, 0.15) is 62.3 Å². The van der Waals surface area contributed by atoms with Gasteiger partial charge in [-0.3, -0.25) is 0 Å². The Labute approximate surface area is 155 Å². The van der Waals surface area contributed by atoms with Gasteiger partial charge in [0.1, 0.15) is 0 Å². The number of methoxy groups -OCH3 is 1. The van der Waals surface area contributed by atoms with E-state index in [4.69, 9.17) is 4.74 Å². The van der Waals surface area contributed by atoms with Gasteiger partial charge in [0.2, 0.25) is 0 Å². The average Bonchev–Trinajstić information content (AvgIpc) is 3.10. The van der Waals surface area contributed by atoms with Crippen LogP contribution in [0.25, 0.3) is 0 Å². The quantitative estimate of drug-likeness (QED) is 0.500. The van der Waals surface area contributed by atoms with Gasteiger partial charge < -0.3 is 0 Å². The molecule has 1 aromatic rings. The first kappa shape index (κ1) is 19.6. The molecule has 0 unspecified atom stereocenters. The van der Waals surface area contributed by atoms with Crippen molar-refractivity contribution in [3.05, 3.63) is 35.4 Å². The molecule has 0 atom stereocenters. The number of hydrogen-bond donors (Lipinski definition) is 0. The SMILES string of the molecule is COc1cc[c]([GeH][C]2(C(C)(C)C)C(C(C)(C)C)=C2C(C)(C)C)cc1. The Balaban J connectivity index is 2.50. The zero-order valence-electron chi connectivity index (χ0n) is 17.3. The van der Waals surface area contributed by atoms with Crippen LogP contribution in [0.4, 0.5) is 0 Å². The molecular formula is C22H35GeO.